The van der Waals surface area contributed by atoms with E-state index >= 15 is 0 Å². The van der Waals surface area contributed by atoms with Gasteiger partial charge in [0.1, 0.15) is 11.5 Å². The maximum atomic E-state index is 9.56. The minimum atomic E-state index is 0.0990. The number of hydrogen-bond donors (Lipinski definition) is 3. The summed E-state index contributed by atoms with van der Waals surface area (Å²) >= 11 is 0. The predicted octanol–water partition coefficient (Wildman–Crippen LogP) is 1.08. The van der Waals surface area contributed by atoms with E-state index in [1.807, 2.05) is 7.05 Å². The molecule has 0 aliphatic carbocycles. The van der Waals surface area contributed by atoms with E-state index in [0.29, 0.717) is 6.61 Å². The summed E-state index contributed by atoms with van der Waals surface area (Å²) in [6.45, 7) is 5.32. The zero-order valence-electron chi connectivity index (χ0n) is 11.5. The number of rotatable bonds is 4. The Hall–Kier alpha value is -1.30. The first-order valence-corrected chi connectivity index (χ1v) is 6.63. The average molecular weight is 266 g/mol. The molecule has 1 fully saturated rings. The summed E-state index contributed by atoms with van der Waals surface area (Å²) in [6.07, 6.45) is 0.187. The van der Waals surface area contributed by atoms with E-state index in [1.54, 1.807) is 12.1 Å². The van der Waals surface area contributed by atoms with Crippen LogP contribution in [0, 0.1) is 0 Å². The Morgan fingerprint density at radius 3 is 2.68 bits per heavy atom. The minimum Gasteiger partial charge on any atom is -0.508 e. The van der Waals surface area contributed by atoms with Crippen LogP contribution < -0.4 is 5.32 Å². The van der Waals surface area contributed by atoms with Crippen molar-refractivity contribution >= 4 is 0 Å². The van der Waals surface area contributed by atoms with Crippen molar-refractivity contribution in [1.29, 1.82) is 0 Å². The third-order valence-corrected chi connectivity index (χ3v) is 3.56. The molecule has 0 aromatic heterocycles. The number of phenols is 2. The van der Waals surface area contributed by atoms with Gasteiger partial charge in [-0.3, -0.25) is 4.90 Å². The zero-order valence-corrected chi connectivity index (χ0v) is 11.5. The van der Waals surface area contributed by atoms with Gasteiger partial charge in [0.15, 0.2) is 0 Å². The number of hydrogen-bond acceptors (Lipinski definition) is 5. The maximum absolute atomic E-state index is 9.56. The number of morpholine rings is 1. The zero-order chi connectivity index (χ0) is 13.8. The highest BCUT2D eigenvalue weighted by molar-refractivity contribution is 5.38. The fourth-order valence-corrected chi connectivity index (χ4v) is 2.52. The second-order valence-electron chi connectivity index (χ2n) is 5.00. The highest BCUT2D eigenvalue weighted by atomic mass is 16.5. The number of benzene rings is 1. The van der Waals surface area contributed by atoms with Gasteiger partial charge in [-0.25, -0.2) is 0 Å². The standard InChI is InChI=1S/C14H22N2O3/c1-10(11-5-12(17)7-13(18)6-11)16-3-4-19-14(9-16)8-15-2/h5-7,10,14-15,17-18H,3-4,8-9H2,1-2H3. The number of nitrogens with zero attached hydrogens (tertiary/aromatic N) is 1. The van der Waals surface area contributed by atoms with Crippen LogP contribution in [0.2, 0.25) is 0 Å². The van der Waals surface area contributed by atoms with E-state index < -0.39 is 0 Å². The molecule has 1 saturated heterocycles. The Labute approximate surface area is 113 Å². The minimum absolute atomic E-state index is 0.0990. The van der Waals surface area contributed by atoms with Gasteiger partial charge in [0.2, 0.25) is 0 Å². The Kier molecular flexibility index (Phi) is 4.63. The molecular formula is C14H22N2O3. The molecule has 106 valence electrons. The first kappa shape index (κ1) is 14.1. The number of phenolic OH excluding ortho intramolecular Hbond substituents is 2. The molecule has 5 nitrogen and oxygen atoms in total. The van der Waals surface area contributed by atoms with Gasteiger partial charge in [0, 0.05) is 31.7 Å². The topological polar surface area (TPSA) is 65.0 Å². The molecule has 0 bridgehead atoms. The van der Waals surface area contributed by atoms with Gasteiger partial charge >= 0.3 is 0 Å². The van der Waals surface area contributed by atoms with Gasteiger partial charge in [0.05, 0.1) is 12.7 Å². The van der Waals surface area contributed by atoms with Crippen molar-refractivity contribution in [2.24, 2.45) is 0 Å². The van der Waals surface area contributed by atoms with Gasteiger partial charge in [-0.1, -0.05) is 0 Å². The fraction of sp³-hybridized carbons (Fsp3) is 0.571. The Morgan fingerprint density at radius 2 is 2.05 bits per heavy atom. The van der Waals surface area contributed by atoms with Crippen LogP contribution in [0.3, 0.4) is 0 Å². The van der Waals surface area contributed by atoms with Crippen LogP contribution in [0.4, 0.5) is 0 Å². The van der Waals surface area contributed by atoms with Crippen molar-refractivity contribution in [3.63, 3.8) is 0 Å². The molecule has 19 heavy (non-hydrogen) atoms. The predicted molar refractivity (Wildman–Crippen MR) is 73.4 cm³/mol. The molecule has 1 aliphatic rings. The summed E-state index contributed by atoms with van der Waals surface area (Å²) in [5.74, 6) is 0.198. The molecule has 5 heteroatoms. The fourth-order valence-electron chi connectivity index (χ4n) is 2.52. The van der Waals surface area contributed by atoms with E-state index in [-0.39, 0.29) is 23.6 Å². The third kappa shape index (κ3) is 3.59. The number of ether oxygens (including phenoxy) is 1. The van der Waals surface area contributed by atoms with Crippen LogP contribution >= 0.6 is 0 Å². The normalized spacial score (nSPS) is 22.3. The highest BCUT2D eigenvalue weighted by Crippen LogP contribution is 2.29. The lowest BCUT2D eigenvalue weighted by molar-refractivity contribution is -0.0393. The van der Waals surface area contributed by atoms with Gasteiger partial charge in [-0.2, -0.15) is 0 Å². The molecule has 1 aromatic rings. The molecule has 1 aliphatic heterocycles. The SMILES string of the molecule is CNCC1CN(C(C)c2cc(O)cc(O)c2)CCO1. The van der Waals surface area contributed by atoms with Crippen LogP contribution in [0.1, 0.15) is 18.5 Å². The summed E-state index contributed by atoms with van der Waals surface area (Å²) in [4.78, 5) is 2.31. The van der Waals surface area contributed by atoms with Crippen LogP contribution in [0.15, 0.2) is 18.2 Å². The van der Waals surface area contributed by atoms with E-state index in [4.69, 9.17) is 4.74 Å². The van der Waals surface area contributed by atoms with E-state index in [9.17, 15) is 10.2 Å². The largest absolute Gasteiger partial charge is 0.508 e. The molecule has 1 aromatic carbocycles. The van der Waals surface area contributed by atoms with Crippen molar-refractivity contribution < 1.29 is 14.9 Å². The van der Waals surface area contributed by atoms with E-state index in [1.165, 1.54) is 6.07 Å². The molecule has 2 atom stereocenters. The van der Waals surface area contributed by atoms with Crippen molar-refractivity contribution in [1.82, 2.24) is 10.2 Å². The lowest BCUT2D eigenvalue weighted by Gasteiger charge is -2.37. The molecule has 0 spiro atoms. The molecule has 1 heterocycles. The van der Waals surface area contributed by atoms with Crippen LogP contribution in [-0.4, -0.2) is 54.5 Å². The number of nitrogens with one attached hydrogen (secondary N) is 1. The van der Waals surface area contributed by atoms with Gasteiger partial charge in [-0.05, 0) is 31.7 Å². The summed E-state index contributed by atoms with van der Waals surface area (Å²) in [7, 11) is 1.92. The number of likely N-dealkylation sites (N-methyl/N-ethyl adjacent to an activating group) is 1. The molecule has 0 amide bonds. The summed E-state index contributed by atoms with van der Waals surface area (Å²) in [5, 5.41) is 22.3. The second-order valence-corrected chi connectivity index (χ2v) is 5.00. The molecular weight excluding hydrogens is 244 g/mol. The molecule has 2 rings (SSSR count). The van der Waals surface area contributed by atoms with Crippen molar-refractivity contribution in [3.05, 3.63) is 23.8 Å². The lowest BCUT2D eigenvalue weighted by atomic mass is 10.0. The van der Waals surface area contributed by atoms with E-state index in [2.05, 4.69) is 17.1 Å². The van der Waals surface area contributed by atoms with Gasteiger partial charge in [-0.15, -0.1) is 0 Å². The molecule has 0 saturated carbocycles. The highest BCUT2D eigenvalue weighted by Gasteiger charge is 2.24. The first-order valence-electron chi connectivity index (χ1n) is 6.63. The molecule has 3 N–H and O–H groups in total. The average Bonchev–Trinajstić information content (AvgIpc) is 2.37. The summed E-state index contributed by atoms with van der Waals surface area (Å²) < 4.78 is 5.68. The monoisotopic (exact) mass is 266 g/mol. The number of aromatic hydroxyl groups is 2. The Morgan fingerprint density at radius 1 is 1.37 bits per heavy atom. The van der Waals surface area contributed by atoms with Crippen molar-refractivity contribution in [3.8, 4) is 11.5 Å². The van der Waals surface area contributed by atoms with Crippen molar-refractivity contribution in [2.45, 2.75) is 19.1 Å². The van der Waals surface area contributed by atoms with Crippen LogP contribution in [-0.2, 0) is 4.74 Å². The smallest absolute Gasteiger partial charge is 0.119 e. The van der Waals surface area contributed by atoms with Gasteiger partial charge in [0.25, 0.3) is 0 Å². The second kappa shape index (κ2) is 6.23. The molecule has 0 radical (unpaired) electrons. The summed E-state index contributed by atoms with van der Waals surface area (Å²) in [6, 6.07) is 4.89. The Bertz CT molecular complexity index is 403. The quantitative estimate of drug-likeness (QED) is 0.761. The van der Waals surface area contributed by atoms with Crippen LogP contribution in [0.5, 0.6) is 11.5 Å². The maximum Gasteiger partial charge on any atom is 0.119 e. The Balaban J connectivity index is 2.07. The van der Waals surface area contributed by atoms with Gasteiger partial charge < -0.3 is 20.3 Å². The molecule has 2 unspecified atom stereocenters. The lowest BCUT2D eigenvalue weighted by Crippen LogP contribution is -2.46. The summed E-state index contributed by atoms with van der Waals surface area (Å²) in [5.41, 5.74) is 0.919. The van der Waals surface area contributed by atoms with E-state index in [0.717, 1.165) is 25.2 Å². The first-order chi connectivity index (χ1) is 9.10. The van der Waals surface area contributed by atoms with Crippen molar-refractivity contribution in [2.75, 3.05) is 33.3 Å². The third-order valence-electron chi connectivity index (χ3n) is 3.56. The van der Waals surface area contributed by atoms with Crippen LogP contribution in [0.25, 0.3) is 0 Å².